The molecule has 1 saturated heterocycles. The Hall–Kier alpha value is -3.84. The number of methoxy groups -OCH3 is 1. The van der Waals surface area contributed by atoms with Crippen molar-refractivity contribution in [3.63, 3.8) is 0 Å². The summed E-state index contributed by atoms with van der Waals surface area (Å²) in [6.45, 7) is 0.0920. The summed E-state index contributed by atoms with van der Waals surface area (Å²) in [5.74, 6) is -1.29. The number of rotatable bonds is 9. The molecule has 1 atom stereocenters. The summed E-state index contributed by atoms with van der Waals surface area (Å²) in [5, 5.41) is 11.1. The SMILES string of the molecule is COc1ccc(CN(C[C@H](O)C2OCC(N3C(=O)c4ccccc4C3=O)CO2)c2ccc(S(C)(=O)=O)cc2)cc1F. The number of fused-ring (bicyclic) bond motifs is 1. The number of sulfone groups is 1. The highest BCUT2D eigenvalue weighted by Crippen LogP contribution is 2.28. The topological polar surface area (TPSA) is 123 Å². The third-order valence-electron chi connectivity index (χ3n) is 7.04. The van der Waals surface area contributed by atoms with Crippen molar-refractivity contribution in [3.05, 3.63) is 89.2 Å². The van der Waals surface area contributed by atoms with Crippen LogP contribution in [0.15, 0.2) is 71.6 Å². The Balaban J connectivity index is 1.29. The summed E-state index contributed by atoms with van der Waals surface area (Å²) < 4.78 is 54.8. The highest BCUT2D eigenvalue weighted by Gasteiger charge is 2.42. The first-order chi connectivity index (χ1) is 19.6. The molecule has 0 aliphatic carbocycles. The zero-order valence-electron chi connectivity index (χ0n) is 22.4. The monoisotopic (exact) mass is 584 g/mol. The fraction of sp³-hybridized carbons (Fsp3) is 0.310. The van der Waals surface area contributed by atoms with Gasteiger partial charge in [0.05, 0.1) is 42.4 Å². The molecule has 1 N–H and O–H groups in total. The molecule has 1 fully saturated rings. The Morgan fingerprint density at radius 1 is 1.02 bits per heavy atom. The van der Waals surface area contributed by atoms with Crippen LogP contribution in [0, 0.1) is 5.82 Å². The zero-order chi connectivity index (χ0) is 29.3. The number of nitrogens with zero attached hydrogens (tertiary/aromatic N) is 2. The smallest absolute Gasteiger partial charge is 0.261 e. The molecule has 41 heavy (non-hydrogen) atoms. The van der Waals surface area contributed by atoms with E-state index >= 15 is 0 Å². The predicted octanol–water partition coefficient (Wildman–Crippen LogP) is 2.64. The molecule has 10 nitrogen and oxygen atoms in total. The fourth-order valence-electron chi connectivity index (χ4n) is 4.92. The highest BCUT2D eigenvalue weighted by molar-refractivity contribution is 7.90. The summed E-state index contributed by atoms with van der Waals surface area (Å²) in [7, 11) is -2.05. The second-order valence-corrected chi connectivity index (χ2v) is 11.9. The van der Waals surface area contributed by atoms with Gasteiger partial charge in [0.2, 0.25) is 0 Å². The van der Waals surface area contributed by atoms with E-state index in [4.69, 9.17) is 14.2 Å². The van der Waals surface area contributed by atoms with Crippen LogP contribution in [0.4, 0.5) is 10.1 Å². The Kier molecular flexibility index (Phi) is 8.09. The van der Waals surface area contributed by atoms with Gasteiger partial charge in [-0.2, -0.15) is 0 Å². The lowest BCUT2D eigenvalue weighted by atomic mass is 10.1. The van der Waals surface area contributed by atoms with Gasteiger partial charge in [-0.25, -0.2) is 12.8 Å². The first kappa shape index (κ1) is 28.7. The number of anilines is 1. The number of amides is 2. The summed E-state index contributed by atoms with van der Waals surface area (Å²) in [4.78, 5) is 28.6. The van der Waals surface area contributed by atoms with Crippen molar-refractivity contribution in [2.24, 2.45) is 0 Å². The molecule has 0 spiro atoms. The van der Waals surface area contributed by atoms with Crippen LogP contribution in [-0.4, -0.2) is 81.8 Å². The number of benzene rings is 3. The maximum atomic E-state index is 14.4. The molecule has 2 heterocycles. The molecular formula is C29H29FN2O8S. The molecule has 3 aromatic carbocycles. The van der Waals surface area contributed by atoms with Crippen LogP contribution in [-0.2, 0) is 25.9 Å². The first-order valence-corrected chi connectivity index (χ1v) is 14.7. The summed E-state index contributed by atoms with van der Waals surface area (Å²) >= 11 is 0. The second kappa shape index (κ2) is 11.6. The van der Waals surface area contributed by atoms with Crippen LogP contribution in [0.5, 0.6) is 5.75 Å². The maximum absolute atomic E-state index is 14.4. The van der Waals surface area contributed by atoms with Gasteiger partial charge in [0, 0.05) is 25.0 Å². The van der Waals surface area contributed by atoms with E-state index in [0.717, 1.165) is 11.2 Å². The van der Waals surface area contributed by atoms with E-state index in [-0.39, 0.29) is 36.9 Å². The Bertz CT molecular complexity index is 1520. The van der Waals surface area contributed by atoms with Crippen molar-refractivity contribution >= 4 is 27.3 Å². The van der Waals surface area contributed by atoms with Crippen molar-refractivity contribution in [2.45, 2.75) is 29.9 Å². The van der Waals surface area contributed by atoms with Gasteiger partial charge in [-0.1, -0.05) is 18.2 Å². The zero-order valence-corrected chi connectivity index (χ0v) is 23.2. The molecule has 0 radical (unpaired) electrons. The lowest BCUT2D eigenvalue weighted by molar-refractivity contribution is -0.234. The summed E-state index contributed by atoms with van der Waals surface area (Å²) in [5.41, 5.74) is 1.81. The van der Waals surface area contributed by atoms with E-state index in [1.165, 1.54) is 31.4 Å². The molecule has 12 heteroatoms. The van der Waals surface area contributed by atoms with E-state index < -0.39 is 45.9 Å². The number of carbonyl (C=O) groups is 2. The van der Waals surface area contributed by atoms with Crippen LogP contribution < -0.4 is 9.64 Å². The molecule has 3 aromatic rings. The van der Waals surface area contributed by atoms with E-state index in [1.54, 1.807) is 47.4 Å². The number of aliphatic hydroxyl groups is 1. The number of hydrogen-bond donors (Lipinski definition) is 1. The number of carbonyl (C=O) groups excluding carboxylic acids is 2. The number of aliphatic hydroxyl groups excluding tert-OH is 1. The van der Waals surface area contributed by atoms with Crippen LogP contribution in [0.1, 0.15) is 26.3 Å². The lowest BCUT2D eigenvalue weighted by Gasteiger charge is -2.37. The van der Waals surface area contributed by atoms with Gasteiger partial charge in [0.1, 0.15) is 6.10 Å². The van der Waals surface area contributed by atoms with E-state index in [9.17, 15) is 27.5 Å². The van der Waals surface area contributed by atoms with Crippen molar-refractivity contribution in [3.8, 4) is 5.75 Å². The summed E-state index contributed by atoms with van der Waals surface area (Å²) in [6.07, 6.45) is -1.14. The van der Waals surface area contributed by atoms with Gasteiger partial charge >= 0.3 is 0 Å². The molecule has 2 aliphatic heterocycles. The molecular weight excluding hydrogens is 555 g/mol. The molecule has 216 valence electrons. The van der Waals surface area contributed by atoms with Crippen molar-refractivity contribution in [1.82, 2.24) is 4.90 Å². The number of imide groups is 1. The largest absolute Gasteiger partial charge is 0.494 e. The summed E-state index contributed by atoms with van der Waals surface area (Å²) in [6, 6.07) is 16.5. The third-order valence-corrected chi connectivity index (χ3v) is 8.17. The first-order valence-electron chi connectivity index (χ1n) is 12.8. The van der Waals surface area contributed by atoms with Crippen molar-refractivity contribution < 1.29 is 41.7 Å². The van der Waals surface area contributed by atoms with E-state index in [0.29, 0.717) is 22.4 Å². The molecule has 5 rings (SSSR count). The Labute approximate surface area is 236 Å². The Morgan fingerprint density at radius 2 is 1.63 bits per heavy atom. The van der Waals surface area contributed by atoms with Crippen LogP contribution in [0.2, 0.25) is 0 Å². The van der Waals surface area contributed by atoms with Gasteiger partial charge in [-0.15, -0.1) is 0 Å². The van der Waals surface area contributed by atoms with E-state index in [2.05, 4.69) is 0 Å². The lowest BCUT2D eigenvalue weighted by Crippen LogP contribution is -2.53. The molecule has 0 saturated carbocycles. The molecule has 2 amide bonds. The van der Waals surface area contributed by atoms with Crippen LogP contribution in [0.25, 0.3) is 0 Å². The number of ether oxygens (including phenoxy) is 3. The van der Waals surface area contributed by atoms with Crippen LogP contribution in [0.3, 0.4) is 0 Å². The molecule has 2 aliphatic rings. The predicted molar refractivity (Wildman–Crippen MR) is 146 cm³/mol. The molecule has 0 bridgehead atoms. The van der Waals surface area contributed by atoms with Gasteiger partial charge < -0.3 is 24.2 Å². The maximum Gasteiger partial charge on any atom is 0.261 e. The minimum absolute atomic E-state index is 0.0196. The van der Waals surface area contributed by atoms with Gasteiger partial charge in [0.15, 0.2) is 27.7 Å². The van der Waals surface area contributed by atoms with Crippen molar-refractivity contribution in [2.75, 3.05) is 38.0 Å². The molecule has 0 unspecified atom stereocenters. The quantitative estimate of drug-likeness (QED) is 0.378. The standard InChI is InChI=1S/C29H29FN2O8S/c1-38-26-12-7-18(13-24(26)30)14-31(19-8-10-21(11-9-19)41(2,36)37)15-25(33)29-39-16-20(17-40-29)32-27(34)22-5-3-4-6-23(22)28(32)35/h3-13,20,25,29,33H,14-17H2,1-2H3/t20?,25-,29?/m0/s1. The van der Waals surface area contributed by atoms with Gasteiger partial charge in [0.25, 0.3) is 11.8 Å². The van der Waals surface area contributed by atoms with E-state index in [1.807, 2.05) is 0 Å². The average Bonchev–Trinajstić information content (AvgIpc) is 3.22. The normalized spacial score (nSPS) is 19.7. The van der Waals surface area contributed by atoms with Crippen molar-refractivity contribution in [1.29, 1.82) is 0 Å². The average molecular weight is 585 g/mol. The third kappa shape index (κ3) is 5.96. The van der Waals surface area contributed by atoms with Crippen LogP contribution >= 0.6 is 0 Å². The van der Waals surface area contributed by atoms with Gasteiger partial charge in [-0.3, -0.25) is 14.5 Å². The fourth-order valence-corrected chi connectivity index (χ4v) is 5.56. The minimum Gasteiger partial charge on any atom is -0.494 e. The number of halogens is 1. The second-order valence-electron chi connectivity index (χ2n) is 9.90. The molecule has 0 aromatic heterocycles. The Morgan fingerprint density at radius 3 is 2.17 bits per heavy atom. The van der Waals surface area contributed by atoms with Gasteiger partial charge in [-0.05, 0) is 54.1 Å². The highest BCUT2D eigenvalue weighted by atomic mass is 32.2. The minimum atomic E-state index is -3.42. The number of hydrogen-bond acceptors (Lipinski definition) is 9.